The monoisotopic (exact) mass is 311 g/mol. The Bertz CT molecular complexity index is 322. The average Bonchev–Trinajstić information content (AvgIpc) is 3.05. The van der Waals surface area contributed by atoms with Gasteiger partial charge in [-0.1, -0.05) is 19.8 Å². The maximum absolute atomic E-state index is 5.76. The van der Waals surface area contributed by atoms with E-state index in [1.165, 1.54) is 25.7 Å². The minimum absolute atomic E-state index is 0.311. The van der Waals surface area contributed by atoms with Crippen LogP contribution < -0.4 is 10.6 Å². The molecule has 1 saturated carbocycles. The normalized spacial score (nSPS) is 29.5. The fourth-order valence-electron chi connectivity index (χ4n) is 3.17. The van der Waals surface area contributed by atoms with Gasteiger partial charge in [-0.05, 0) is 37.5 Å². The van der Waals surface area contributed by atoms with Crippen molar-refractivity contribution in [1.82, 2.24) is 10.6 Å². The summed E-state index contributed by atoms with van der Waals surface area (Å²) in [5.74, 6) is 2.64. The zero-order valence-electron chi connectivity index (χ0n) is 14.3. The van der Waals surface area contributed by atoms with E-state index >= 15 is 0 Å². The summed E-state index contributed by atoms with van der Waals surface area (Å²) in [6.45, 7) is 6.70. The van der Waals surface area contributed by atoms with Crippen LogP contribution >= 0.6 is 0 Å². The van der Waals surface area contributed by atoms with E-state index in [9.17, 15) is 0 Å². The topological polar surface area (TPSA) is 54.9 Å². The van der Waals surface area contributed by atoms with E-state index in [1.54, 1.807) is 0 Å². The number of guanidine groups is 1. The maximum atomic E-state index is 5.76. The summed E-state index contributed by atoms with van der Waals surface area (Å²) >= 11 is 0. The van der Waals surface area contributed by atoms with Crippen LogP contribution in [0, 0.1) is 11.8 Å². The van der Waals surface area contributed by atoms with Crippen LogP contribution in [0.15, 0.2) is 4.99 Å². The highest BCUT2D eigenvalue weighted by Crippen LogP contribution is 2.27. The molecule has 5 nitrogen and oxygen atoms in total. The minimum Gasteiger partial charge on any atom is -0.379 e. The molecule has 0 spiro atoms. The molecule has 2 fully saturated rings. The fraction of sp³-hybridized carbons (Fsp3) is 0.941. The summed E-state index contributed by atoms with van der Waals surface area (Å²) in [6, 6.07) is 0. The molecule has 0 aromatic heterocycles. The lowest BCUT2D eigenvalue weighted by atomic mass is 9.83. The number of ether oxygens (including phenoxy) is 2. The molecule has 2 aliphatic rings. The number of rotatable bonds is 7. The summed E-state index contributed by atoms with van der Waals surface area (Å²) in [4.78, 5) is 4.30. The number of aliphatic imine (C=N–C) groups is 1. The predicted molar refractivity (Wildman–Crippen MR) is 90.3 cm³/mol. The van der Waals surface area contributed by atoms with Crippen molar-refractivity contribution in [3.63, 3.8) is 0 Å². The van der Waals surface area contributed by atoms with Crippen LogP contribution in [0.25, 0.3) is 0 Å². The molecule has 22 heavy (non-hydrogen) atoms. The van der Waals surface area contributed by atoms with E-state index in [-0.39, 0.29) is 0 Å². The summed E-state index contributed by atoms with van der Waals surface area (Å²) in [6.07, 6.45) is 7.80. The Morgan fingerprint density at radius 3 is 2.68 bits per heavy atom. The number of hydrogen-bond donors (Lipinski definition) is 2. The molecule has 1 unspecified atom stereocenters. The van der Waals surface area contributed by atoms with Gasteiger partial charge in [0.1, 0.15) is 0 Å². The molecule has 1 saturated heterocycles. The number of hydrogen-bond acceptors (Lipinski definition) is 3. The summed E-state index contributed by atoms with van der Waals surface area (Å²) in [7, 11) is 1.84. The maximum Gasteiger partial charge on any atom is 0.190 e. The van der Waals surface area contributed by atoms with Crippen molar-refractivity contribution in [3.8, 4) is 0 Å². The molecule has 1 aliphatic carbocycles. The molecular weight excluding hydrogens is 278 g/mol. The van der Waals surface area contributed by atoms with Crippen LogP contribution in [0.2, 0.25) is 0 Å². The smallest absolute Gasteiger partial charge is 0.190 e. The molecule has 5 heteroatoms. The Morgan fingerprint density at radius 2 is 2.00 bits per heavy atom. The first-order valence-electron chi connectivity index (χ1n) is 8.91. The van der Waals surface area contributed by atoms with Crippen LogP contribution in [0.3, 0.4) is 0 Å². The minimum atomic E-state index is 0.311. The lowest BCUT2D eigenvalue weighted by Gasteiger charge is -2.26. The summed E-state index contributed by atoms with van der Waals surface area (Å²) in [5.41, 5.74) is 0. The second kappa shape index (κ2) is 10.1. The Labute approximate surface area is 135 Å². The Kier molecular flexibility index (Phi) is 8.02. The molecule has 0 aromatic rings. The van der Waals surface area contributed by atoms with Gasteiger partial charge in [0, 0.05) is 33.4 Å². The largest absolute Gasteiger partial charge is 0.379 e. The van der Waals surface area contributed by atoms with Crippen LogP contribution in [-0.2, 0) is 9.47 Å². The van der Waals surface area contributed by atoms with Gasteiger partial charge in [0.05, 0.1) is 12.7 Å². The zero-order chi connectivity index (χ0) is 15.6. The standard InChI is InChI=1S/C17H33N3O2/c1-14-4-6-15(7-5-14)12-20-17(18-2)19-9-3-10-22-16-8-11-21-13-16/h14-16H,3-13H2,1-2H3,(H2,18,19,20). The van der Waals surface area contributed by atoms with Gasteiger partial charge in [0.2, 0.25) is 0 Å². The van der Waals surface area contributed by atoms with Crippen molar-refractivity contribution in [2.45, 2.75) is 51.6 Å². The third-order valence-electron chi connectivity index (χ3n) is 4.77. The molecule has 1 atom stereocenters. The molecule has 1 aliphatic heterocycles. The van der Waals surface area contributed by atoms with E-state index in [0.717, 1.165) is 63.5 Å². The summed E-state index contributed by atoms with van der Waals surface area (Å²) < 4.78 is 11.1. The van der Waals surface area contributed by atoms with E-state index in [2.05, 4.69) is 22.5 Å². The van der Waals surface area contributed by atoms with Crippen LogP contribution in [0.4, 0.5) is 0 Å². The van der Waals surface area contributed by atoms with Crippen LogP contribution in [-0.4, -0.2) is 52.0 Å². The van der Waals surface area contributed by atoms with Gasteiger partial charge in [0.25, 0.3) is 0 Å². The van der Waals surface area contributed by atoms with E-state index < -0.39 is 0 Å². The third kappa shape index (κ3) is 6.53. The van der Waals surface area contributed by atoms with Crippen LogP contribution in [0.1, 0.15) is 45.4 Å². The highest BCUT2D eigenvalue weighted by molar-refractivity contribution is 5.79. The van der Waals surface area contributed by atoms with E-state index in [1.807, 2.05) is 7.05 Å². The number of nitrogens with zero attached hydrogens (tertiary/aromatic N) is 1. The molecule has 0 bridgehead atoms. The molecule has 0 radical (unpaired) electrons. The first kappa shape index (κ1) is 17.5. The van der Waals surface area contributed by atoms with Gasteiger partial charge in [-0.3, -0.25) is 4.99 Å². The van der Waals surface area contributed by atoms with Crippen molar-refractivity contribution >= 4 is 5.96 Å². The Hall–Kier alpha value is -0.810. The van der Waals surface area contributed by atoms with Gasteiger partial charge >= 0.3 is 0 Å². The second-order valence-electron chi connectivity index (χ2n) is 6.72. The van der Waals surface area contributed by atoms with Crippen molar-refractivity contribution < 1.29 is 9.47 Å². The SMILES string of the molecule is CN=C(NCCCOC1CCOC1)NCC1CCC(C)CC1. The van der Waals surface area contributed by atoms with Crippen molar-refractivity contribution in [1.29, 1.82) is 0 Å². The molecule has 128 valence electrons. The molecule has 1 heterocycles. The summed E-state index contributed by atoms with van der Waals surface area (Å²) in [5, 5.41) is 6.83. The highest BCUT2D eigenvalue weighted by atomic mass is 16.5. The van der Waals surface area contributed by atoms with Gasteiger partial charge in [-0.15, -0.1) is 0 Å². The first-order chi connectivity index (χ1) is 10.8. The van der Waals surface area contributed by atoms with Crippen molar-refractivity contribution in [2.24, 2.45) is 16.8 Å². The Balaban J connectivity index is 1.49. The average molecular weight is 311 g/mol. The lowest BCUT2D eigenvalue weighted by molar-refractivity contribution is 0.0420. The number of nitrogens with one attached hydrogen (secondary N) is 2. The molecular formula is C17H33N3O2. The van der Waals surface area contributed by atoms with Gasteiger partial charge in [-0.25, -0.2) is 0 Å². The third-order valence-corrected chi connectivity index (χ3v) is 4.77. The van der Waals surface area contributed by atoms with Crippen LogP contribution in [0.5, 0.6) is 0 Å². The second-order valence-corrected chi connectivity index (χ2v) is 6.72. The van der Waals surface area contributed by atoms with Gasteiger partial charge < -0.3 is 20.1 Å². The van der Waals surface area contributed by atoms with Gasteiger partial charge in [0.15, 0.2) is 5.96 Å². The Morgan fingerprint density at radius 1 is 1.18 bits per heavy atom. The van der Waals surface area contributed by atoms with E-state index in [0.29, 0.717) is 6.10 Å². The van der Waals surface area contributed by atoms with Crippen molar-refractivity contribution in [2.75, 3.05) is 40.0 Å². The lowest BCUT2D eigenvalue weighted by Crippen LogP contribution is -2.41. The molecule has 2 N–H and O–H groups in total. The molecule has 0 aromatic carbocycles. The first-order valence-corrected chi connectivity index (χ1v) is 8.91. The highest BCUT2D eigenvalue weighted by Gasteiger charge is 2.18. The quantitative estimate of drug-likeness (QED) is 0.430. The van der Waals surface area contributed by atoms with Gasteiger partial charge in [-0.2, -0.15) is 0 Å². The molecule has 2 rings (SSSR count). The zero-order valence-corrected chi connectivity index (χ0v) is 14.3. The van der Waals surface area contributed by atoms with Crippen molar-refractivity contribution in [3.05, 3.63) is 0 Å². The van der Waals surface area contributed by atoms with E-state index in [4.69, 9.17) is 9.47 Å². The predicted octanol–water partition coefficient (Wildman–Crippen LogP) is 2.17. The molecule has 0 amide bonds. The fourth-order valence-corrected chi connectivity index (χ4v) is 3.17.